The van der Waals surface area contributed by atoms with Crippen molar-refractivity contribution in [1.82, 2.24) is 4.98 Å². The zero-order valence-electron chi connectivity index (χ0n) is 15.0. The van der Waals surface area contributed by atoms with E-state index in [0.717, 1.165) is 27.9 Å². The third kappa shape index (κ3) is 3.60. The molecule has 134 valence electrons. The Labute approximate surface area is 156 Å². The number of hydrogen-bond acceptors (Lipinski definition) is 5. The highest BCUT2D eigenvalue weighted by Gasteiger charge is 2.20. The number of ether oxygens (including phenoxy) is 1. The zero-order chi connectivity index (χ0) is 18.7. The molecule has 0 bridgehead atoms. The first-order valence-corrected chi connectivity index (χ1v) is 9.32. The average molecular weight is 368 g/mol. The van der Waals surface area contributed by atoms with E-state index in [1.807, 2.05) is 38.1 Å². The summed E-state index contributed by atoms with van der Waals surface area (Å²) in [5.74, 6) is -0.684. The molecule has 2 aromatic heterocycles. The van der Waals surface area contributed by atoms with E-state index in [2.05, 4.69) is 10.3 Å². The predicted molar refractivity (Wildman–Crippen MR) is 104 cm³/mol. The Hall–Kier alpha value is -2.73. The SMILES string of the molecule is CCOC(=O)c1cc(CC)sc1NC(=O)c1cc(C)nc2ccccc12. The maximum atomic E-state index is 12.9. The highest BCUT2D eigenvalue weighted by molar-refractivity contribution is 7.16. The van der Waals surface area contributed by atoms with Gasteiger partial charge in [-0.3, -0.25) is 9.78 Å². The third-order valence-electron chi connectivity index (χ3n) is 3.94. The van der Waals surface area contributed by atoms with Crippen LogP contribution in [0.3, 0.4) is 0 Å². The number of hydrogen-bond donors (Lipinski definition) is 1. The highest BCUT2D eigenvalue weighted by Crippen LogP contribution is 2.30. The lowest BCUT2D eigenvalue weighted by atomic mass is 10.1. The van der Waals surface area contributed by atoms with Crippen LogP contribution >= 0.6 is 11.3 Å². The summed E-state index contributed by atoms with van der Waals surface area (Å²) < 4.78 is 5.11. The number of fused-ring (bicyclic) bond motifs is 1. The van der Waals surface area contributed by atoms with Crippen molar-refractivity contribution in [2.45, 2.75) is 27.2 Å². The number of nitrogens with one attached hydrogen (secondary N) is 1. The van der Waals surface area contributed by atoms with Crippen LogP contribution in [0.5, 0.6) is 0 Å². The Kier molecular flexibility index (Phi) is 5.32. The highest BCUT2D eigenvalue weighted by atomic mass is 32.1. The number of anilines is 1. The number of para-hydroxylation sites is 1. The van der Waals surface area contributed by atoms with Gasteiger partial charge in [-0.1, -0.05) is 25.1 Å². The lowest BCUT2D eigenvalue weighted by molar-refractivity contribution is 0.0528. The molecule has 0 saturated heterocycles. The number of aromatic nitrogens is 1. The molecule has 0 unspecified atom stereocenters. The molecule has 26 heavy (non-hydrogen) atoms. The van der Waals surface area contributed by atoms with Crippen LogP contribution in [0.1, 0.15) is 45.1 Å². The zero-order valence-corrected chi connectivity index (χ0v) is 15.8. The molecule has 0 aliphatic carbocycles. The van der Waals surface area contributed by atoms with Crippen LogP contribution in [0, 0.1) is 6.92 Å². The van der Waals surface area contributed by atoms with E-state index in [1.165, 1.54) is 11.3 Å². The Morgan fingerprint density at radius 1 is 1.15 bits per heavy atom. The Morgan fingerprint density at radius 3 is 2.65 bits per heavy atom. The lowest BCUT2D eigenvalue weighted by Crippen LogP contribution is -2.15. The molecule has 0 saturated carbocycles. The number of carbonyl (C=O) groups is 2. The number of nitrogens with zero attached hydrogens (tertiary/aromatic N) is 1. The summed E-state index contributed by atoms with van der Waals surface area (Å²) in [5, 5.41) is 4.19. The van der Waals surface area contributed by atoms with Gasteiger partial charge in [0.25, 0.3) is 5.91 Å². The van der Waals surface area contributed by atoms with Crippen molar-refractivity contribution in [3.63, 3.8) is 0 Å². The number of aryl methyl sites for hydroxylation is 2. The van der Waals surface area contributed by atoms with Crippen molar-refractivity contribution < 1.29 is 14.3 Å². The molecule has 0 fully saturated rings. The minimum Gasteiger partial charge on any atom is -0.462 e. The summed E-state index contributed by atoms with van der Waals surface area (Å²) in [5.41, 5.74) is 2.47. The van der Waals surface area contributed by atoms with Crippen molar-refractivity contribution in [2.75, 3.05) is 11.9 Å². The molecule has 0 atom stereocenters. The number of esters is 1. The molecule has 0 aliphatic rings. The van der Waals surface area contributed by atoms with E-state index in [0.29, 0.717) is 16.1 Å². The molecule has 5 nitrogen and oxygen atoms in total. The number of benzene rings is 1. The molecule has 1 N–H and O–H groups in total. The van der Waals surface area contributed by atoms with E-state index in [9.17, 15) is 9.59 Å². The van der Waals surface area contributed by atoms with Crippen LogP contribution in [-0.4, -0.2) is 23.5 Å². The van der Waals surface area contributed by atoms with Gasteiger partial charge in [0.15, 0.2) is 0 Å². The fraction of sp³-hybridized carbons (Fsp3) is 0.250. The van der Waals surface area contributed by atoms with Crippen LogP contribution in [-0.2, 0) is 11.2 Å². The number of thiophene rings is 1. The summed E-state index contributed by atoms with van der Waals surface area (Å²) in [7, 11) is 0. The summed E-state index contributed by atoms with van der Waals surface area (Å²) in [6, 6.07) is 11.1. The van der Waals surface area contributed by atoms with Crippen molar-refractivity contribution in [3.05, 3.63) is 58.1 Å². The van der Waals surface area contributed by atoms with E-state index in [-0.39, 0.29) is 12.5 Å². The van der Waals surface area contributed by atoms with Crippen LogP contribution < -0.4 is 5.32 Å². The van der Waals surface area contributed by atoms with Crippen LogP contribution in [0.25, 0.3) is 10.9 Å². The van der Waals surface area contributed by atoms with E-state index < -0.39 is 5.97 Å². The number of rotatable bonds is 5. The average Bonchev–Trinajstić information content (AvgIpc) is 3.04. The smallest absolute Gasteiger partial charge is 0.341 e. The molecule has 0 spiro atoms. The van der Waals surface area contributed by atoms with Gasteiger partial charge in [0.05, 0.1) is 23.3 Å². The van der Waals surface area contributed by atoms with Gasteiger partial charge in [-0.05, 0) is 38.5 Å². The Morgan fingerprint density at radius 2 is 1.92 bits per heavy atom. The molecule has 6 heteroatoms. The van der Waals surface area contributed by atoms with E-state index in [4.69, 9.17) is 4.74 Å². The first-order chi connectivity index (χ1) is 12.5. The van der Waals surface area contributed by atoms with Crippen molar-refractivity contribution in [1.29, 1.82) is 0 Å². The minimum absolute atomic E-state index is 0.262. The topological polar surface area (TPSA) is 68.3 Å². The molecule has 3 aromatic rings. The van der Waals surface area contributed by atoms with Gasteiger partial charge < -0.3 is 10.1 Å². The first kappa shape index (κ1) is 18.1. The Balaban J connectivity index is 1.99. The largest absolute Gasteiger partial charge is 0.462 e. The van der Waals surface area contributed by atoms with Gasteiger partial charge in [0.2, 0.25) is 0 Å². The van der Waals surface area contributed by atoms with Gasteiger partial charge in [-0.25, -0.2) is 4.79 Å². The van der Waals surface area contributed by atoms with Crippen molar-refractivity contribution >= 4 is 39.1 Å². The van der Waals surface area contributed by atoms with Crippen LogP contribution in [0.4, 0.5) is 5.00 Å². The summed E-state index contributed by atoms with van der Waals surface area (Å²) in [4.78, 5) is 30.6. The molecular formula is C20H20N2O3S. The lowest BCUT2D eigenvalue weighted by Gasteiger charge is -2.09. The summed E-state index contributed by atoms with van der Waals surface area (Å²) in [6.45, 7) is 5.91. The van der Waals surface area contributed by atoms with E-state index >= 15 is 0 Å². The predicted octanol–water partition coefficient (Wildman–Crippen LogP) is 4.60. The molecule has 3 rings (SSSR count). The molecule has 1 amide bonds. The van der Waals surface area contributed by atoms with Crippen LogP contribution in [0.15, 0.2) is 36.4 Å². The fourth-order valence-corrected chi connectivity index (χ4v) is 3.71. The van der Waals surface area contributed by atoms with Gasteiger partial charge in [0, 0.05) is 16.0 Å². The second kappa shape index (κ2) is 7.66. The normalized spacial score (nSPS) is 10.7. The number of amides is 1. The van der Waals surface area contributed by atoms with Gasteiger partial charge >= 0.3 is 5.97 Å². The monoisotopic (exact) mass is 368 g/mol. The van der Waals surface area contributed by atoms with Crippen LogP contribution in [0.2, 0.25) is 0 Å². The van der Waals surface area contributed by atoms with E-state index in [1.54, 1.807) is 19.1 Å². The molecule has 2 heterocycles. The van der Waals surface area contributed by atoms with Crippen molar-refractivity contribution in [2.24, 2.45) is 0 Å². The Bertz CT molecular complexity index is 978. The maximum absolute atomic E-state index is 12.9. The number of pyridine rings is 1. The minimum atomic E-state index is -0.422. The maximum Gasteiger partial charge on any atom is 0.341 e. The van der Waals surface area contributed by atoms with Crippen molar-refractivity contribution in [3.8, 4) is 0 Å². The first-order valence-electron chi connectivity index (χ1n) is 8.51. The second-order valence-corrected chi connectivity index (χ2v) is 6.95. The molecule has 1 aromatic carbocycles. The van der Waals surface area contributed by atoms with Gasteiger partial charge in [-0.2, -0.15) is 0 Å². The molecular weight excluding hydrogens is 348 g/mol. The quantitative estimate of drug-likeness (QED) is 0.669. The summed E-state index contributed by atoms with van der Waals surface area (Å²) in [6.07, 6.45) is 0.782. The second-order valence-electron chi connectivity index (χ2n) is 5.81. The standard InChI is InChI=1S/C20H20N2O3S/c1-4-13-11-16(20(24)25-5-2)19(26-13)22-18(23)15-10-12(3)21-17-9-7-6-8-14(15)17/h6-11H,4-5H2,1-3H3,(H,22,23). The van der Waals surface area contributed by atoms with Gasteiger partial charge in [-0.15, -0.1) is 11.3 Å². The third-order valence-corrected chi connectivity index (χ3v) is 5.14. The molecule has 0 radical (unpaired) electrons. The molecule has 0 aliphatic heterocycles. The summed E-state index contributed by atoms with van der Waals surface area (Å²) >= 11 is 1.40. The van der Waals surface area contributed by atoms with Gasteiger partial charge in [0.1, 0.15) is 5.00 Å². The number of carbonyl (C=O) groups excluding carboxylic acids is 2. The fourth-order valence-electron chi connectivity index (χ4n) is 2.74.